The van der Waals surface area contributed by atoms with Gasteiger partial charge < -0.3 is 10.4 Å². The second-order valence-electron chi connectivity index (χ2n) is 3.89. The van der Waals surface area contributed by atoms with Gasteiger partial charge in [-0.05, 0) is 5.41 Å². The number of nitrogens with one attached hydrogen (secondary N) is 1. The first-order chi connectivity index (χ1) is 3.96. The van der Waals surface area contributed by atoms with E-state index in [1.807, 2.05) is 0 Å². The Balaban J connectivity index is 2.59. The maximum Gasteiger partial charge on any atom is 0.0942 e. The van der Waals surface area contributed by atoms with Crippen molar-refractivity contribution in [1.29, 1.82) is 0 Å². The molecule has 0 spiro atoms. The maximum absolute atomic E-state index is 9.68. The van der Waals surface area contributed by atoms with Crippen LogP contribution in [0.3, 0.4) is 0 Å². The molecule has 54 valence electrons. The summed E-state index contributed by atoms with van der Waals surface area (Å²) in [7, 11) is 0. The highest BCUT2D eigenvalue weighted by atomic mass is 16.3. The Hall–Kier alpha value is -0.0800. The summed E-state index contributed by atoms with van der Waals surface area (Å²) in [5, 5.41) is 12.7. The summed E-state index contributed by atoms with van der Waals surface area (Å²) in [6, 6.07) is 0. The molecular weight excluding hydrogens is 114 g/mol. The fourth-order valence-corrected chi connectivity index (χ4v) is 0.892. The largest absolute Gasteiger partial charge is 0.387 e. The lowest BCUT2D eigenvalue weighted by Gasteiger charge is -2.47. The zero-order valence-corrected chi connectivity index (χ0v) is 6.36. The Morgan fingerprint density at radius 3 is 1.78 bits per heavy atom. The monoisotopic (exact) mass is 129 g/mol. The van der Waals surface area contributed by atoms with Gasteiger partial charge in [0.05, 0.1) is 5.60 Å². The average Bonchev–Trinajstić information content (AvgIpc) is 1.57. The molecule has 0 amide bonds. The van der Waals surface area contributed by atoms with Gasteiger partial charge in [0.25, 0.3) is 0 Å². The topological polar surface area (TPSA) is 32.3 Å². The van der Waals surface area contributed by atoms with Crippen LogP contribution in [0.2, 0.25) is 0 Å². The van der Waals surface area contributed by atoms with Crippen molar-refractivity contribution in [2.45, 2.75) is 26.4 Å². The predicted molar refractivity (Wildman–Crippen MR) is 37.3 cm³/mol. The van der Waals surface area contributed by atoms with Gasteiger partial charge in [0.2, 0.25) is 0 Å². The molecule has 0 aromatic carbocycles. The second-order valence-corrected chi connectivity index (χ2v) is 3.89. The molecule has 0 aliphatic carbocycles. The normalized spacial score (nSPS) is 25.3. The number of hydrogen-bond acceptors (Lipinski definition) is 2. The molecule has 1 rings (SSSR count). The van der Waals surface area contributed by atoms with Gasteiger partial charge in [-0.1, -0.05) is 20.8 Å². The minimum absolute atomic E-state index is 0.0260. The van der Waals surface area contributed by atoms with Crippen molar-refractivity contribution in [3.63, 3.8) is 0 Å². The fourth-order valence-electron chi connectivity index (χ4n) is 0.892. The van der Waals surface area contributed by atoms with E-state index < -0.39 is 5.60 Å². The molecular formula is C7H15NO. The molecule has 1 saturated heterocycles. The number of rotatable bonds is 0. The predicted octanol–water partition coefficient (Wildman–Crippen LogP) is 0.367. The summed E-state index contributed by atoms with van der Waals surface area (Å²) in [4.78, 5) is 0. The summed E-state index contributed by atoms with van der Waals surface area (Å²) in [6.07, 6.45) is 0. The molecule has 1 heterocycles. The summed E-state index contributed by atoms with van der Waals surface area (Å²) in [5.41, 5.74) is -0.425. The lowest BCUT2D eigenvalue weighted by atomic mass is 9.73. The molecule has 2 N–H and O–H groups in total. The van der Waals surface area contributed by atoms with E-state index in [4.69, 9.17) is 0 Å². The van der Waals surface area contributed by atoms with E-state index in [2.05, 4.69) is 26.1 Å². The summed E-state index contributed by atoms with van der Waals surface area (Å²) in [5.74, 6) is 0. The van der Waals surface area contributed by atoms with Crippen molar-refractivity contribution in [2.24, 2.45) is 5.41 Å². The average molecular weight is 129 g/mol. The van der Waals surface area contributed by atoms with Crippen LogP contribution in [-0.4, -0.2) is 23.8 Å². The van der Waals surface area contributed by atoms with Crippen LogP contribution in [0.1, 0.15) is 20.8 Å². The molecule has 0 saturated carbocycles. The third kappa shape index (κ3) is 0.970. The van der Waals surface area contributed by atoms with E-state index in [1.165, 1.54) is 0 Å². The summed E-state index contributed by atoms with van der Waals surface area (Å²) < 4.78 is 0. The van der Waals surface area contributed by atoms with Crippen LogP contribution in [0, 0.1) is 5.41 Å². The number of β-amino-alcohol motifs (C(OH)–C–C–N with tert-alkyl or cyclic N) is 1. The Bertz CT molecular complexity index is 111. The molecule has 0 aromatic heterocycles. The Morgan fingerprint density at radius 2 is 1.78 bits per heavy atom. The van der Waals surface area contributed by atoms with E-state index in [9.17, 15) is 5.11 Å². The smallest absolute Gasteiger partial charge is 0.0942 e. The van der Waals surface area contributed by atoms with Gasteiger partial charge in [-0.25, -0.2) is 0 Å². The van der Waals surface area contributed by atoms with Crippen molar-refractivity contribution in [1.82, 2.24) is 5.32 Å². The molecule has 0 unspecified atom stereocenters. The zero-order chi connectivity index (χ0) is 7.12. The third-order valence-electron chi connectivity index (χ3n) is 2.23. The Kier molecular flexibility index (Phi) is 1.33. The van der Waals surface area contributed by atoms with Gasteiger partial charge in [0.15, 0.2) is 0 Å². The lowest BCUT2D eigenvalue weighted by molar-refractivity contribution is -0.0959. The van der Waals surface area contributed by atoms with Crippen LogP contribution in [-0.2, 0) is 0 Å². The van der Waals surface area contributed by atoms with Crippen molar-refractivity contribution in [3.05, 3.63) is 0 Å². The van der Waals surface area contributed by atoms with Crippen molar-refractivity contribution < 1.29 is 5.11 Å². The molecule has 9 heavy (non-hydrogen) atoms. The summed E-state index contributed by atoms with van der Waals surface area (Å²) in [6.45, 7) is 7.68. The van der Waals surface area contributed by atoms with Gasteiger partial charge in [0.1, 0.15) is 0 Å². The summed E-state index contributed by atoms with van der Waals surface area (Å²) >= 11 is 0. The molecule has 1 aliphatic heterocycles. The maximum atomic E-state index is 9.68. The van der Waals surface area contributed by atoms with E-state index >= 15 is 0 Å². The van der Waals surface area contributed by atoms with Gasteiger partial charge >= 0.3 is 0 Å². The second kappa shape index (κ2) is 1.70. The van der Waals surface area contributed by atoms with Crippen LogP contribution in [0.4, 0.5) is 0 Å². The number of hydrogen-bond donors (Lipinski definition) is 2. The van der Waals surface area contributed by atoms with Crippen molar-refractivity contribution in [3.8, 4) is 0 Å². The SMILES string of the molecule is CC(C)(C)C1(O)CNC1. The van der Waals surface area contributed by atoms with Crippen LogP contribution >= 0.6 is 0 Å². The molecule has 2 nitrogen and oxygen atoms in total. The van der Waals surface area contributed by atoms with Gasteiger partial charge in [-0.2, -0.15) is 0 Å². The molecule has 1 fully saturated rings. The minimum Gasteiger partial charge on any atom is -0.387 e. The van der Waals surface area contributed by atoms with Gasteiger partial charge in [0, 0.05) is 13.1 Å². The first-order valence-corrected chi connectivity index (χ1v) is 3.39. The first-order valence-electron chi connectivity index (χ1n) is 3.39. The highest BCUT2D eigenvalue weighted by molar-refractivity contribution is 5.00. The van der Waals surface area contributed by atoms with E-state index in [-0.39, 0.29) is 5.41 Å². The molecule has 0 atom stereocenters. The molecule has 0 radical (unpaired) electrons. The Labute approximate surface area is 56.3 Å². The van der Waals surface area contributed by atoms with Crippen LogP contribution in [0.5, 0.6) is 0 Å². The van der Waals surface area contributed by atoms with E-state index in [0.29, 0.717) is 0 Å². The molecule has 2 heteroatoms. The van der Waals surface area contributed by atoms with Crippen molar-refractivity contribution >= 4 is 0 Å². The molecule has 1 aliphatic rings. The van der Waals surface area contributed by atoms with Crippen molar-refractivity contribution in [2.75, 3.05) is 13.1 Å². The standard InChI is InChI=1S/C7H15NO/c1-6(2,3)7(9)4-8-5-7/h8-9H,4-5H2,1-3H3. The molecule has 0 aromatic rings. The quantitative estimate of drug-likeness (QED) is 0.495. The van der Waals surface area contributed by atoms with Crippen LogP contribution in [0.15, 0.2) is 0 Å². The lowest BCUT2D eigenvalue weighted by Crippen LogP contribution is -2.66. The van der Waals surface area contributed by atoms with Crippen LogP contribution < -0.4 is 5.32 Å². The van der Waals surface area contributed by atoms with E-state index in [0.717, 1.165) is 13.1 Å². The highest BCUT2D eigenvalue weighted by Crippen LogP contribution is 2.32. The molecule has 0 bridgehead atoms. The highest BCUT2D eigenvalue weighted by Gasteiger charge is 2.44. The van der Waals surface area contributed by atoms with Gasteiger partial charge in [-0.15, -0.1) is 0 Å². The van der Waals surface area contributed by atoms with E-state index in [1.54, 1.807) is 0 Å². The Morgan fingerprint density at radius 1 is 1.33 bits per heavy atom. The van der Waals surface area contributed by atoms with Gasteiger partial charge in [-0.3, -0.25) is 0 Å². The zero-order valence-electron chi connectivity index (χ0n) is 6.36. The number of aliphatic hydroxyl groups is 1. The van der Waals surface area contributed by atoms with Crippen LogP contribution in [0.25, 0.3) is 0 Å². The minimum atomic E-state index is -0.451. The first kappa shape index (κ1) is 7.03. The fraction of sp³-hybridized carbons (Fsp3) is 1.00. The third-order valence-corrected chi connectivity index (χ3v) is 2.23.